The van der Waals surface area contributed by atoms with Gasteiger partial charge in [0.1, 0.15) is 5.84 Å². The van der Waals surface area contributed by atoms with E-state index < -0.39 is 0 Å². The first-order valence-electron chi connectivity index (χ1n) is 5.06. The molecule has 0 amide bonds. The molecule has 0 unspecified atom stereocenters. The van der Waals surface area contributed by atoms with Crippen LogP contribution in [0.15, 0.2) is 28.4 Å². The van der Waals surface area contributed by atoms with E-state index in [4.69, 9.17) is 11.6 Å². The zero-order chi connectivity index (χ0) is 9.97. The molecule has 0 N–H and O–H groups in total. The van der Waals surface area contributed by atoms with Gasteiger partial charge in [-0.1, -0.05) is 6.08 Å². The van der Waals surface area contributed by atoms with Crippen LogP contribution in [0.3, 0.4) is 0 Å². The van der Waals surface area contributed by atoms with Gasteiger partial charge >= 0.3 is 0 Å². The van der Waals surface area contributed by atoms with Crippen molar-refractivity contribution < 1.29 is 0 Å². The summed E-state index contributed by atoms with van der Waals surface area (Å²) in [6.07, 6.45) is 6.40. The molecule has 0 aromatic heterocycles. The fraction of sp³-hybridized carbons (Fsp3) is 0.545. The minimum Gasteiger partial charge on any atom is -0.352 e. The second kappa shape index (κ2) is 4.18. The Bertz CT molecular complexity index is 315. The van der Waals surface area contributed by atoms with E-state index >= 15 is 0 Å². The van der Waals surface area contributed by atoms with Crippen molar-refractivity contribution in [3.05, 3.63) is 23.4 Å². The van der Waals surface area contributed by atoms with E-state index in [1.807, 2.05) is 0 Å². The summed E-state index contributed by atoms with van der Waals surface area (Å²) >= 11 is 5.76. The summed E-state index contributed by atoms with van der Waals surface area (Å²) in [5.74, 6) is 1.81. The van der Waals surface area contributed by atoms with Crippen LogP contribution in [0.2, 0.25) is 0 Å². The summed E-state index contributed by atoms with van der Waals surface area (Å²) in [4.78, 5) is 6.91. The molecule has 76 valence electrons. The number of amidine groups is 1. The third-order valence-electron chi connectivity index (χ3n) is 2.73. The summed E-state index contributed by atoms with van der Waals surface area (Å²) in [6.45, 7) is 4.19. The summed E-state index contributed by atoms with van der Waals surface area (Å²) in [5.41, 5.74) is 2.54. The predicted octanol–water partition coefficient (Wildman–Crippen LogP) is 2.56. The number of rotatable bonds is 2. The van der Waals surface area contributed by atoms with Crippen molar-refractivity contribution in [3.63, 3.8) is 0 Å². The molecule has 0 atom stereocenters. The highest BCUT2D eigenvalue weighted by Gasteiger charge is 2.19. The minimum absolute atomic E-state index is 0.696. The van der Waals surface area contributed by atoms with Gasteiger partial charge in [-0.15, -0.1) is 11.6 Å². The van der Waals surface area contributed by atoms with Crippen molar-refractivity contribution in [3.8, 4) is 0 Å². The number of allylic oxidation sites excluding steroid dienone is 1. The Labute approximate surface area is 90.0 Å². The lowest BCUT2D eigenvalue weighted by Gasteiger charge is -2.31. The molecule has 0 aromatic carbocycles. The number of nitrogens with zero attached hydrogens (tertiary/aromatic N) is 2. The average molecular weight is 211 g/mol. The van der Waals surface area contributed by atoms with Crippen LogP contribution in [0.1, 0.15) is 19.8 Å². The van der Waals surface area contributed by atoms with E-state index in [1.165, 1.54) is 5.57 Å². The van der Waals surface area contributed by atoms with Crippen molar-refractivity contribution in [2.45, 2.75) is 19.8 Å². The van der Waals surface area contributed by atoms with E-state index in [0.717, 1.165) is 37.5 Å². The van der Waals surface area contributed by atoms with Gasteiger partial charge < -0.3 is 4.90 Å². The molecule has 2 aliphatic rings. The number of fused-ring (bicyclic) bond motifs is 1. The zero-order valence-electron chi connectivity index (χ0n) is 8.46. The van der Waals surface area contributed by atoms with Gasteiger partial charge in [0.15, 0.2) is 0 Å². The van der Waals surface area contributed by atoms with E-state index in [1.54, 1.807) is 0 Å². The van der Waals surface area contributed by atoms with Gasteiger partial charge in [-0.3, -0.25) is 0 Å². The Balaban J connectivity index is 2.22. The van der Waals surface area contributed by atoms with Gasteiger partial charge in [0.25, 0.3) is 0 Å². The second-order valence-corrected chi connectivity index (χ2v) is 4.09. The topological polar surface area (TPSA) is 15.6 Å². The van der Waals surface area contributed by atoms with Gasteiger partial charge in [-0.25, -0.2) is 4.99 Å². The number of hydrogen-bond acceptors (Lipinski definition) is 2. The lowest BCUT2D eigenvalue weighted by molar-refractivity contribution is 0.440. The molecule has 0 bridgehead atoms. The fourth-order valence-electron chi connectivity index (χ4n) is 1.88. The first kappa shape index (κ1) is 9.78. The minimum atomic E-state index is 0.696. The van der Waals surface area contributed by atoms with Gasteiger partial charge in [0, 0.05) is 24.7 Å². The van der Waals surface area contributed by atoms with Crippen LogP contribution < -0.4 is 0 Å². The highest BCUT2D eigenvalue weighted by Crippen LogP contribution is 2.21. The molecule has 0 fully saturated rings. The fourth-order valence-corrected chi connectivity index (χ4v) is 2.10. The summed E-state index contributed by atoms with van der Waals surface area (Å²) < 4.78 is 0. The van der Waals surface area contributed by atoms with E-state index in [2.05, 4.69) is 29.0 Å². The van der Waals surface area contributed by atoms with E-state index in [9.17, 15) is 0 Å². The van der Waals surface area contributed by atoms with Crippen molar-refractivity contribution in [2.24, 2.45) is 4.99 Å². The molecule has 2 heterocycles. The molecule has 0 radical (unpaired) electrons. The van der Waals surface area contributed by atoms with Crippen LogP contribution in [-0.4, -0.2) is 29.7 Å². The zero-order valence-corrected chi connectivity index (χ0v) is 9.22. The Morgan fingerprint density at radius 2 is 2.43 bits per heavy atom. The predicted molar refractivity (Wildman–Crippen MR) is 60.8 cm³/mol. The van der Waals surface area contributed by atoms with Crippen molar-refractivity contribution in [2.75, 3.05) is 19.0 Å². The van der Waals surface area contributed by atoms with E-state index in [0.29, 0.717) is 5.88 Å². The Morgan fingerprint density at radius 3 is 3.21 bits per heavy atom. The Morgan fingerprint density at radius 1 is 1.57 bits per heavy atom. The summed E-state index contributed by atoms with van der Waals surface area (Å²) in [6, 6.07) is 0. The van der Waals surface area contributed by atoms with Gasteiger partial charge in [0.05, 0.1) is 0 Å². The van der Waals surface area contributed by atoms with Crippen LogP contribution in [-0.2, 0) is 0 Å². The lowest BCUT2D eigenvalue weighted by atomic mass is 10.1. The number of hydrogen-bond donors (Lipinski definition) is 0. The SMILES string of the molecule is CC1=C(CCCl)CN2CCC=CC2=N1. The molecule has 2 nitrogen and oxygen atoms in total. The molecular weight excluding hydrogens is 196 g/mol. The maximum atomic E-state index is 5.76. The third-order valence-corrected chi connectivity index (χ3v) is 2.92. The lowest BCUT2D eigenvalue weighted by Crippen LogP contribution is -2.37. The molecule has 2 aliphatic heterocycles. The van der Waals surface area contributed by atoms with Crippen LogP contribution in [0.25, 0.3) is 0 Å². The van der Waals surface area contributed by atoms with Gasteiger partial charge in [-0.2, -0.15) is 0 Å². The molecule has 0 aromatic rings. The molecule has 3 heteroatoms. The first-order chi connectivity index (χ1) is 6.81. The standard InChI is InChI=1S/C11H15ClN2/c1-9-10(5-6-12)8-14-7-3-2-4-11(14)13-9/h2,4H,3,5-8H2,1H3. The second-order valence-electron chi connectivity index (χ2n) is 3.71. The summed E-state index contributed by atoms with van der Waals surface area (Å²) in [7, 11) is 0. The molecule has 0 saturated heterocycles. The van der Waals surface area contributed by atoms with Crippen molar-refractivity contribution in [1.29, 1.82) is 0 Å². The number of halogens is 1. The largest absolute Gasteiger partial charge is 0.352 e. The molecule has 0 saturated carbocycles. The molecule has 14 heavy (non-hydrogen) atoms. The van der Waals surface area contributed by atoms with Crippen LogP contribution in [0.4, 0.5) is 0 Å². The first-order valence-corrected chi connectivity index (χ1v) is 5.59. The normalized spacial score (nSPS) is 21.0. The van der Waals surface area contributed by atoms with Crippen LogP contribution in [0, 0.1) is 0 Å². The molecule has 0 spiro atoms. The van der Waals surface area contributed by atoms with Crippen LogP contribution in [0.5, 0.6) is 0 Å². The maximum absolute atomic E-state index is 5.76. The Hall–Kier alpha value is -0.760. The van der Waals surface area contributed by atoms with Crippen LogP contribution >= 0.6 is 11.6 Å². The monoisotopic (exact) mass is 210 g/mol. The molecule has 0 aliphatic carbocycles. The highest BCUT2D eigenvalue weighted by molar-refractivity contribution is 6.18. The quantitative estimate of drug-likeness (QED) is 0.640. The average Bonchev–Trinajstić information content (AvgIpc) is 2.19. The van der Waals surface area contributed by atoms with Gasteiger partial charge in [0.2, 0.25) is 0 Å². The molecule has 2 rings (SSSR count). The van der Waals surface area contributed by atoms with Crippen molar-refractivity contribution >= 4 is 17.4 Å². The Kier molecular flexibility index (Phi) is 2.92. The highest BCUT2D eigenvalue weighted by atomic mass is 35.5. The number of aliphatic imine (C=N–C) groups is 1. The van der Waals surface area contributed by atoms with Crippen molar-refractivity contribution in [1.82, 2.24) is 4.90 Å². The molecular formula is C11H15ClN2. The third kappa shape index (κ3) is 1.85. The smallest absolute Gasteiger partial charge is 0.128 e. The van der Waals surface area contributed by atoms with Gasteiger partial charge in [-0.05, 0) is 31.4 Å². The summed E-state index contributed by atoms with van der Waals surface area (Å²) in [5, 5.41) is 0. The van der Waals surface area contributed by atoms with E-state index in [-0.39, 0.29) is 0 Å². The number of alkyl halides is 1. The maximum Gasteiger partial charge on any atom is 0.128 e.